The average Bonchev–Trinajstić information content (AvgIpc) is 3.57. The van der Waals surface area contributed by atoms with Crippen molar-refractivity contribution < 1.29 is 22.7 Å². The number of amides is 2. The van der Waals surface area contributed by atoms with Gasteiger partial charge in [0, 0.05) is 38.3 Å². The van der Waals surface area contributed by atoms with Crippen molar-refractivity contribution in [3.8, 4) is 22.5 Å². The Balaban J connectivity index is 1.39. The average molecular weight is 515 g/mol. The van der Waals surface area contributed by atoms with Crippen LogP contribution in [-0.2, 0) is 4.74 Å². The number of H-pyrrole nitrogens is 1. The first-order chi connectivity index (χ1) is 17.7. The number of urea groups is 1. The molecule has 2 N–H and O–H groups in total. The van der Waals surface area contributed by atoms with Crippen molar-refractivity contribution in [2.24, 2.45) is 5.92 Å². The second kappa shape index (κ2) is 10.4. The predicted octanol–water partition coefficient (Wildman–Crippen LogP) is 5.09. The number of aryl methyl sites for hydroxylation is 1. The van der Waals surface area contributed by atoms with Gasteiger partial charge in [0.2, 0.25) is 0 Å². The molecule has 5 rings (SSSR count). The molecule has 0 saturated carbocycles. The molecule has 2 aromatic heterocycles. The highest BCUT2D eigenvalue weighted by Crippen LogP contribution is 2.33. The summed E-state index contributed by atoms with van der Waals surface area (Å²) in [5.41, 5.74) is 4.99. The molecule has 0 bridgehead atoms. The van der Waals surface area contributed by atoms with Gasteiger partial charge in [-0.2, -0.15) is 13.2 Å². The number of halogens is 3. The van der Waals surface area contributed by atoms with Gasteiger partial charge in [-0.3, -0.25) is 0 Å². The van der Waals surface area contributed by atoms with Gasteiger partial charge >= 0.3 is 12.2 Å². The molecule has 0 aliphatic carbocycles. The highest BCUT2D eigenvalue weighted by molar-refractivity contribution is 5.91. The van der Waals surface area contributed by atoms with Crippen molar-refractivity contribution >= 4 is 17.5 Å². The third-order valence-corrected chi connectivity index (χ3v) is 6.81. The molecule has 196 valence electrons. The predicted molar refractivity (Wildman–Crippen MR) is 134 cm³/mol. The fourth-order valence-corrected chi connectivity index (χ4v) is 4.88. The smallest absolute Gasteiger partial charge is 0.378 e. The summed E-state index contributed by atoms with van der Waals surface area (Å²) in [6.07, 6.45) is -1.40. The van der Waals surface area contributed by atoms with Gasteiger partial charge in [0.05, 0.1) is 37.1 Å². The highest BCUT2D eigenvalue weighted by atomic mass is 19.4. The number of morpholine rings is 1. The second-order valence-electron chi connectivity index (χ2n) is 9.54. The Labute approximate surface area is 212 Å². The van der Waals surface area contributed by atoms with Crippen LogP contribution >= 0.6 is 0 Å². The van der Waals surface area contributed by atoms with Crippen molar-refractivity contribution in [3.05, 3.63) is 48.4 Å². The summed E-state index contributed by atoms with van der Waals surface area (Å²) in [5.74, 6) is 0.266. The number of nitrogens with one attached hydrogen (secondary N) is 2. The Kier molecular flexibility index (Phi) is 7.05. The number of nitrogens with zero attached hydrogens (tertiary/aromatic N) is 4. The van der Waals surface area contributed by atoms with Gasteiger partial charge in [0.1, 0.15) is 5.82 Å². The first-order valence-corrected chi connectivity index (χ1v) is 12.3. The van der Waals surface area contributed by atoms with Gasteiger partial charge in [-0.1, -0.05) is 6.07 Å². The van der Waals surface area contributed by atoms with Crippen molar-refractivity contribution in [2.45, 2.75) is 25.9 Å². The van der Waals surface area contributed by atoms with E-state index < -0.39 is 18.5 Å². The number of aromatic nitrogens is 3. The van der Waals surface area contributed by atoms with E-state index in [0.717, 1.165) is 47.0 Å². The summed E-state index contributed by atoms with van der Waals surface area (Å²) in [7, 11) is 0. The lowest BCUT2D eigenvalue weighted by molar-refractivity contribution is -0.143. The zero-order chi connectivity index (χ0) is 26.0. The summed E-state index contributed by atoms with van der Waals surface area (Å²) in [4.78, 5) is 28.5. The van der Waals surface area contributed by atoms with Crippen LogP contribution in [0, 0.1) is 12.8 Å². The van der Waals surface area contributed by atoms with Gasteiger partial charge in [-0.25, -0.2) is 14.8 Å². The van der Waals surface area contributed by atoms with Crippen LogP contribution in [0.15, 0.2) is 42.9 Å². The molecule has 0 spiro atoms. The molecule has 2 aliphatic heterocycles. The van der Waals surface area contributed by atoms with Crippen molar-refractivity contribution in [1.82, 2.24) is 19.9 Å². The molecule has 3 aromatic rings. The van der Waals surface area contributed by atoms with Crippen LogP contribution < -0.4 is 10.2 Å². The van der Waals surface area contributed by atoms with E-state index in [1.807, 2.05) is 31.2 Å². The Morgan fingerprint density at radius 1 is 1.19 bits per heavy atom. The third-order valence-electron chi connectivity index (χ3n) is 6.81. The Morgan fingerprint density at radius 3 is 2.73 bits per heavy atom. The number of carbonyl (C=O) groups is 1. The molecule has 37 heavy (non-hydrogen) atoms. The molecular formula is C26H29F3N6O2. The lowest BCUT2D eigenvalue weighted by Crippen LogP contribution is -2.36. The van der Waals surface area contributed by atoms with Gasteiger partial charge in [0.25, 0.3) is 0 Å². The summed E-state index contributed by atoms with van der Waals surface area (Å²) in [6, 6.07) is 9.24. The number of hydrogen-bond donors (Lipinski definition) is 2. The molecule has 2 saturated heterocycles. The molecule has 2 aliphatic rings. The summed E-state index contributed by atoms with van der Waals surface area (Å²) in [5, 5.41) is 2.87. The fraction of sp³-hybridized carbons (Fsp3) is 0.423. The second-order valence-corrected chi connectivity index (χ2v) is 9.54. The maximum absolute atomic E-state index is 12.8. The largest absolute Gasteiger partial charge is 0.389 e. The maximum atomic E-state index is 12.8. The number of anilines is 2. The molecule has 0 radical (unpaired) electrons. The molecule has 2 amide bonds. The summed E-state index contributed by atoms with van der Waals surface area (Å²) < 4.78 is 43.8. The van der Waals surface area contributed by atoms with E-state index in [9.17, 15) is 18.0 Å². The quantitative estimate of drug-likeness (QED) is 0.496. The first-order valence-electron chi connectivity index (χ1n) is 12.3. The molecule has 11 heteroatoms. The number of rotatable bonds is 5. The number of benzene rings is 1. The van der Waals surface area contributed by atoms with Crippen LogP contribution in [0.4, 0.5) is 29.5 Å². The van der Waals surface area contributed by atoms with Gasteiger partial charge in [0.15, 0.2) is 0 Å². The standard InChI is InChI=1S/C26H29F3N6O2/c1-17-2-3-20(32-25(36)35-5-4-18(15-35)13-26(27,28)29)12-21(17)19-10-22(23-14-30-16-31-23)33-24(11-19)34-6-8-37-9-7-34/h2-3,10-12,14,16,18H,4-9,13,15H2,1H3,(H,30,31)(H,32,36)/t18-/m0/s1. The van der Waals surface area contributed by atoms with Crippen LogP contribution in [-0.4, -0.2) is 71.5 Å². The topological polar surface area (TPSA) is 86.4 Å². The lowest BCUT2D eigenvalue weighted by atomic mass is 9.99. The molecule has 1 aromatic carbocycles. The van der Waals surface area contributed by atoms with Crippen molar-refractivity contribution in [2.75, 3.05) is 49.6 Å². The van der Waals surface area contributed by atoms with Crippen molar-refractivity contribution in [3.63, 3.8) is 0 Å². The minimum atomic E-state index is -4.22. The van der Waals surface area contributed by atoms with E-state index in [4.69, 9.17) is 9.72 Å². The van der Waals surface area contributed by atoms with Gasteiger partial charge in [-0.15, -0.1) is 0 Å². The first kappa shape index (κ1) is 25.1. The lowest BCUT2D eigenvalue weighted by Gasteiger charge is -2.28. The number of carbonyl (C=O) groups excluding carboxylic acids is 1. The molecule has 1 atom stereocenters. The summed E-state index contributed by atoms with van der Waals surface area (Å²) in [6.45, 7) is 5.14. The number of hydrogen-bond acceptors (Lipinski definition) is 5. The zero-order valence-electron chi connectivity index (χ0n) is 20.5. The SMILES string of the molecule is Cc1ccc(NC(=O)N2CC[C@@H](CC(F)(F)F)C2)cc1-c1cc(-c2cnc[nH]2)nc(N2CCOCC2)c1. The minimum absolute atomic E-state index is 0.102. The Hall–Kier alpha value is -3.60. The Bertz CT molecular complexity index is 1240. The van der Waals surface area contributed by atoms with E-state index in [1.165, 1.54) is 4.90 Å². The van der Waals surface area contributed by atoms with E-state index in [1.54, 1.807) is 18.6 Å². The number of aromatic amines is 1. The number of imidazole rings is 1. The van der Waals surface area contributed by atoms with E-state index in [2.05, 4.69) is 20.2 Å². The monoisotopic (exact) mass is 514 g/mol. The van der Waals surface area contributed by atoms with E-state index in [0.29, 0.717) is 31.9 Å². The van der Waals surface area contributed by atoms with Crippen LogP contribution in [0.5, 0.6) is 0 Å². The number of pyridine rings is 1. The van der Waals surface area contributed by atoms with E-state index >= 15 is 0 Å². The zero-order valence-corrected chi connectivity index (χ0v) is 20.5. The van der Waals surface area contributed by atoms with Gasteiger partial charge in [-0.05, 0) is 60.2 Å². The maximum Gasteiger partial charge on any atom is 0.389 e. The Morgan fingerprint density at radius 2 is 2.00 bits per heavy atom. The molecule has 0 unspecified atom stereocenters. The van der Waals surface area contributed by atoms with E-state index in [-0.39, 0.29) is 12.6 Å². The fourth-order valence-electron chi connectivity index (χ4n) is 4.88. The number of alkyl halides is 3. The summed E-state index contributed by atoms with van der Waals surface area (Å²) >= 11 is 0. The molecule has 8 nitrogen and oxygen atoms in total. The van der Waals surface area contributed by atoms with Crippen LogP contribution in [0.25, 0.3) is 22.5 Å². The van der Waals surface area contributed by atoms with Crippen LogP contribution in [0.1, 0.15) is 18.4 Å². The van der Waals surface area contributed by atoms with Gasteiger partial charge < -0.3 is 24.8 Å². The molecule has 2 fully saturated rings. The van der Waals surface area contributed by atoms with Crippen molar-refractivity contribution in [1.29, 1.82) is 0 Å². The normalized spacial score (nSPS) is 18.3. The minimum Gasteiger partial charge on any atom is -0.378 e. The molecule has 4 heterocycles. The highest BCUT2D eigenvalue weighted by Gasteiger charge is 2.36. The number of ether oxygens (including phenoxy) is 1. The molecular weight excluding hydrogens is 485 g/mol. The van der Waals surface area contributed by atoms with Crippen LogP contribution in [0.3, 0.4) is 0 Å². The third kappa shape index (κ3) is 6.04. The number of likely N-dealkylation sites (tertiary alicyclic amines) is 1. The van der Waals surface area contributed by atoms with Crippen LogP contribution in [0.2, 0.25) is 0 Å².